The number of benzene rings is 2. The Labute approximate surface area is 186 Å². The van der Waals surface area contributed by atoms with E-state index in [4.69, 9.17) is 16.3 Å². The van der Waals surface area contributed by atoms with Crippen LogP contribution < -0.4 is 5.32 Å². The number of piperazine rings is 1. The summed E-state index contributed by atoms with van der Waals surface area (Å²) in [6.45, 7) is 3.21. The van der Waals surface area contributed by atoms with Crippen LogP contribution in [-0.4, -0.2) is 68.8 Å². The van der Waals surface area contributed by atoms with Gasteiger partial charge in [-0.05, 0) is 55.5 Å². The van der Waals surface area contributed by atoms with Crippen molar-refractivity contribution >= 4 is 39.2 Å². The number of sulfonamides is 1. The summed E-state index contributed by atoms with van der Waals surface area (Å²) in [4.78, 5) is 26.0. The topological polar surface area (TPSA) is 96.0 Å². The molecular formula is C21H24ClN3O5S. The number of hydrogen-bond acceptors (Lipinski definition) is 6. The highest BCUT2D eigenvalue weighted by Gasteiger charge is 2.29. The first kappa shape index (κ1) is 23.1. The quantitative estimate of drug-likeness (QED) is 0.631. The lowest BCUT2D eigenvalue weighted by Crippen LogP contribution is -2.51. The Kier molecular flexibility index (Phi) is 7.53. The van der Waals surface area contributed by atoms with Gasteiger partial charge in [0.2, 0.25) is 15.9 Å². The zero-order valence-corrected chi connectivity index (χ0v) is 18.7. The summed E-state index contributed by atoms with van der Waals surface area (Å²) in [7, 11) is -3.62. The zero-order chi connectivity index (χ0) is 22.4. The fraction of sp³-hybridized carbons (Fsp3) is 0.333. The lowest BCUT2D eigenvalue weighted by atomic mass is 10.2. The summed E-state index contributed by atoms with van der Waals surface area (Å²) < 4.78 is 31.8. The van der Waals surface area contributed by atoms with Gasteiger partial charge in [-0.3, -0.25) is 4.79 Å². The summed E-state index contributed by atoms with van der Waals surface area (Å²) in [6, 6.07) is 12.7. The number of nitrogens with one attached hydrogen (secondary N) is 1. The Morgan fingerprint density at radius 2 is 1.61 bits per heavy atom. The van der Waals surface area contributed by atoms with Crippen molar-refractivity contribution in [3.05, 3.63) is 59.1 Å². The van der Waals surface area contributed by atoms with E-state index in [1.54, 1.807) is 48.2 Å². The zero-order valence-electron chi connectivity index (χ0n) is 17.1. The standard InChI is InChI=1S/C21H24ClN3O5S/c1-2-30-21(27)16-3-7-18(8-4-16)23-15-20(26)24-11-13-25(14-12-24)31(28,29)19-9-5-17(22)6-10-19/h3-10,23H,2,11-15H2,1H3. The Morgan fingerprint density at radius 1 is 1.00 bits per heavy atom. The van der Waals surface area contributed by atoms with Gasteiger partial charge in [-0.25, -0.2) is 13.2 Å². The van der Waals surface area contributed by atoms with Crippen LogP contribution in [0.25, 0.3) is 0 Å². The van der Waals surface area contributed by atoms with E-state index in [0.717, 1.165) is 0 Å². The SMILES string of the molecule is CCOC(=O)c1ccc(NCC(=O)N2CCN(S(=O)(=O)c3ccc(Cl)cc3)CC2)cc1. The molecule has 0 bridgehead atoms. The number of esters is 1. The minimum atomic E-state index is -3.62. The molecular weight excluding hydrogens is 442 g/mol. The highest BCUT2D eigenvalue weighted by molar-refractivity contribution is 7.89. The molecule has 31 heavy (non-hydrogen) atoms. The predicted molar refractivity (Wildman–Crippen MR) is 118 cm³/mol. The fourth-order valence-electron chi connectivity index (χ4n) is 3.16. The molecule has 10 heteroatoms. The van der Waals surface area contributed by atoms with Crippen molar-refractivity contribution < 1.29 is 22.7 Å². The summed E-state index contributed by atoms with van der Waals surface area (Å²) in [6.07, 6.45) is 0. The van der Waals surface area contributed by atoms with Gasteiger partial charge >= 0.3 is 5.97 Å². The first-order valence-electron chi connectivity index (χ1n) is 9.86. The number of halogens is 1. The molecule has 0 radical (unpaired) electrons. The molecule has 0 saturated carbocycles. The minimum Gasteiger partial charge on any atom is -0.462 e. The monoisotopic (exact) mass is 465 g/mol. The van der Waals surface area contributed by atoms with Gasteiger partial charge in [-0.15, -0.1) is 0 Å². The van der Waals surface area contributed by atoms with Gasteiger partial charge in [-0.1, -0.05) is 11.6 Å². The maximum Gasteiger partial charge on any atom is 0.338 e. The van der Waals surface area contributed by atoms with Crippen molar-refractivity contribution in [2.75, 3.05) is 44.6 Å². The number of ether oxygens (including phenoxy) is 1. The summed E-state index contributed by atoms with van der Waals surface area (Å²) in [5, 5.41) is 3.49. The van der Waals surface area contributed by atoms with Gasteiger partial charge < -0.3 is 15.0 Å². The van der Waals surface area contributed by atoms with E-state index < -0.39 is 16.0 Å². The second kappa shape index (κ2) is 10.1. The van der Waals surface area contributed by atoms with Crippen molar-refractivity contribution in [1.82, 2.24) is 9.21 Å². The van der Waals surface area contributed by atoms with Crippen LogP contribution in [0.15, 0.2) is 53.4 Å². The summed E-state index contributed by atoms with van der Waals surface area (Å²) in [5.41, 5.74) is 1.14. The molecule has 8 nitrogen and oxygen atoms in total. The average Bonchev–Trinajstić information content (AvgIpc) is 2.78. The van der Waals surface area contributed by atoms with Gasteiger partial charge in [0, 0.05) is 36.9 Å². The van der Waals surface area contributed by atoms with Crippen LogP contribution in [0.5, 0.6) is 0 Å². The van der Waals surface area contributed by atoms with Crippen molar-refractivity contribution in [3.63, 3.8) is 0 Å². The molecule has 1 amide bonds. The fourth-order valence-corrected chi connectivity index (χ4v) is 4.71. The molecule has 1 heterocycles. The van der Waals surface area contributed by atoms with Gasteiger partial charge in [0.25, 0.3) is 0 Å². The van der Waals surface area contributed by atoms with Crippen LogP contribution in [0, 0.1) is 0 Å². The largest absolute Gasteiger partial charge is 0.462 e. The maximum absolute atomic E-state index is 12.7. The van der Waals surface area contributed by atoms with Gasteiger partial charge in [0.05, 0.1) is 23.6 Å². The van der Waals surface area contributed by atoms with Gasteiger partial charge in [-0.2, -0.15) is 4.31 Å². The molecule has 0 atom stereocenters. The third-order valence-electron chi connectivity index (χ3n) is 4.88. The molecule has 0 aliphatic carbocycles. The normalized spacial score (nSPS) is 14.8. The van der Waals surface area contributed by atoms with Crippen LogP contribution in [0.4, 0.5) is 5.69 Å². The van der Waals surface area contributed by atoms with Crippen LogP contribution in [0.3, 0.4) is 0 Å². The Hall–Kier alpha value is -2.62. The number of rotatable bonds is 7. The third kappa shape index (κ3) is 5.75. The first-order valence-corrected chi connectivity index (χ1v) is 11.7. The molecule has 1 saturated heterocycles. The van der Waals surface area contributed by atoms with E-state index in [1.165, 1.54) is 16.4 Å². The molecule has 2 aromatic rings. The van der Waals surface area contributed by atoms with Crippen molar-refractivity contribution in [3.8, 4) is 0 Å². The second-order valence-corrected chi connectivity index (χ2v) is 9.26. The highest BCUT2D eigenvalue weighted by Crippen LogP contribution is 2.20. The third-order valence-corrected chi connectivity index (χ3v) is 7.05. The van der Waals surface area contributed by atoms with Crippen LogP contribution >= 0.6 is 11.6 Å². The predicted octanol–water partition coefficient (Wildman–Crippen LogP) is 2.46. The Morgan fingerprint density at radius 3 is 2.19 bits per heavy atom. The number of anilines is 1. The van der Waals surface area contributed by atoms with E-state index in [-0.39, 0.29) is 30.4 Å². The van der Waals surface area contributed by atoms with E-state index in [2.05, 4.69) is 5.32 Å². The van der Waals surface area contributed by atoms with Crippen molar-refractivity contribution in [2.45, 2.75) is 11.8 Å². The Balaban J connectivity index is 1.50. The van der Waals surface area contributed by atoms with Crippen molar-refractivity contribution in [2.24, 2.45) is 0 Å². The first-order chi connectivity index (χ1) is 14.8. The van der Waals surface area contributed by atoms with Crippen molar-refractivity contribution in [1.29, 1.82) is 0 Å². The summed E-state index contributed by atoms with van der Waals surface area (Å²) in [5.74, 6) is -0.519. The number of amides is 1. The highest BCUT2D eigenvalue weighted by atomic mass is 35.5. The van der Waals surface area contributed by atoms with Crippen LogP contribution in [0.2, 0.25) is 5.02 Å². The number of carbonyl (C=O) groups excluding carboxylic acids is 2. The molecule has 1 N–H and O–H groups in total. The Bertz CT molecular complexity index is 1020. The lowest BCUT2D eigenvalue weighted by Gasteiger charge is -2.34. The van der Waals surface area contributed by atoms with E-state index in [0.29, 0.717) is 36.0 Å². The molecule has 166 valence electrons. The van der Waals surface area contributed by atoms with Gasteiger partial charge in [0.1, 0.15) is 0 Å². The van der Waals surface area contributed by atoms with Gasteiger partial charge in [0.15, 0.2) is 0 Å². The lowest BCUT2D eigenvalue weighted by molar-refractivity contribution is -0.130. The molecule has 0 spiro atoms. The minimum absolute atomic E-state index is 0.0721. The van der Waals surface area contributed by atoms with E-state index in [9.17, 15) is 18.0 Å². The van der Waals surface area contributed by atoms with Crippen LogP contribution in [-0.2, 0) is 19.6 Å². The molecule has 0 aromatic heterocycles. The molecule has 1 aliphatic heterocycles. The summed E-state index contributed by atoms with van der Waals surface area (Å²) >= 11 is 5.83. The molecule has 2 aromatic carbocycles. The number of nitrogens with zero attached hydrogens (tertiary/aromatic N) is 2. The van der Waals surface area contributed by atoms with E-state index >= 15 is 0 Å². The van der Waals surface area contributed by atoms with E-state index in [1.807, 2.05) is 0 Å². The molecule has 0 unspecified atom stereocenters. The maximum atomic E-state index is 12.7. The average molecular weight is 466 g/mol. The molecule has 1 fully saturated rings. The molecule has 3 rings (SSSR count). The smallest absolute Gasteiger partial charge is 0.338 e. The second-order valence-electron chi connectivity index (χ2n) is 6.89. The number of carbonyl (C=O) groups is 2. The molecule has 1 aliphatic rings. The van der Waals surface area contributed by atoms with Crippen LogP contribution in [0.1, 0.15) is 17.3 Å². The number of hydrogen-bond donors (Lipinski definition) is 1.